The largest absolute Gasteiger partial charge is 0.446 e. The molecule has 44 heavy (non-hydrogen) atoms. The summed E-state index contributed by atoms with van der Waals surface area (Å²) in [6.45, 7) is 0. The van der Waals surface area contributed by atoms with Crippen molar-refractivity contribution < 1.29 is 34.3 Å². The van der Waals surface area contributed by atoms with Gasteiger partial charge in [-0.2, -0.15) is 16.8 Å². The van der Waals surface area contributed by atoms with Gasteiger partial charge < -0.3 is 8.37 Å². The van der Waals surface area contributed by atoms with Crippen molar-refractivity contribution in [2.24, 2.45) is 0 Å². The van der Waals surface area contributed by atoms with Gasteiger partial charge in [0.2, 0.25) is 0 Å². The molecule has 0 spiro atoms. The van der Waals surface area contributed by atoms with Crippen molar-refractivity contribution in [3.05, 3.63) is 97.3 Å². The molecule has 0 atom stereocenters. The van der Waals surface area contributed by atoms with Gasteiger partial charge in [0.05, 0.1) is 22.4 Å². The molecule has 0 aliphatic heterocycles. The fraction of sp³-hybridized carbons (Fsp3) is 0. The van der Waals surface area contributed by atoms with Gasteiger partial charge in [-0.05, 0) is 54.6 Å². The molecule has 2 N–H and O–H groups in total. The molecule has 7 aromatic rings. The zero-order chi connectivity index (χ0) is 30.6. The molecular formula is C30H18N4O8S2. The molecule has 0 saturated heterocycles. The Morgan fingerprint density at radius 2 is 0.977 bits per heavy atom. The standard InChI is InChI=1S/C30H18N4O8S2/c35-43(36,37)41-25-15-19-8-10-23(33-27(19)29-21(25)6-2-12-31-29)17-4-1-5-18(14-17)24-11-9-20-16-26(42-44(38,39)40)22-7-3-13-32-30(22)28(20)34-24/h1-16H,(H,35,36,37)(H,38,39,40). The Morgan fingerprint density at radius 3 is 1.41 bits per heavy atom. The van der Waals surface area contributed by atoms with E-state index in [2.05, 4.69) is 9.97 Å². The molecule has 7 rings (SSSR count). The normalized spacial score (nSPS) is 12.2. The van der Waals surface area contributed by atoms with Gasteiger partial charge in [-0.15, -0.1) is 0 Å². The van der Waals surface area contributed by atoms with E-state index >= 15 is 0 Å². The Bertz CT molecular complexity index is 2350. The summed E-state index contributed by atoms with van der Waals surface area (Å²) in [5, 5.41) is 1.84. The lowest BCUT2D eigenvalue weighted by molar-refractivity contribution is 0.386. The van der Waals surface area contributed by atoms with E-state index in [1.54, 1.807) is 60.9 Å². The first kappa shape index (κ1) is 27.5. The highest BCUT2D eigenvalue weighted by Gasteiger charge is 2.18. The maximum atomic E-state index is 11.4. The third kappa shape index (κ3) is 5.22. The van der Waals surface area contributed by atoms with Crippen molar-refractivity contribution in [1.82, 2.24) is 19.9 Å². The number of benzene rings is 3. The molecule has 3 aromatic carbocycles. The number of hydrogen-bond acceptors (Lipinski definition) is 10. The summed E-state index contributed by atoms with van der Waals surface area (Å²) < 4.78 is 73.8. The Kier molecular flexibility index (Phi) is 6.37. The molecule has 0 radical (unpaired) electrons. The molecule has 0 amide bonds. The van der Waals surface area contributed by atoms with Crippen LogP contribution in [0.5, 0.6) is 11.5 Å². The molecule has 0 fully saturated rings. The molecule has 14 heteroatoms. The molecule has 0 aliphatic carbocycles. The number of rotatable bonds is 6. The number of aromatic nitrogens is 4. The summed E-state index contributed by atoms with van der Waals surface area (Å²) in [7, 11) is -9.51. The Balaban J connectivity index is 1.33. The fourth-order valence-electron chi connectivity index (χ4n) is 5.10. The van der Waals surface area contributed by atoms with Crippen LogP contribution in [-0.2, 0) is 20.8 Å². The summed E-state index contributed by atoms with van der Waals surface area (Å²) >= 11 is 0. The first-order valence-electron chi connectivity index (χ1n) is 12.8. The zero-order valence-electron chi connectivity index (χ0n) is 22.2. The molecule has 0 aliphatic rings. The Hall–Kier alpha value is -5.28. The van der Waals surface area contributed by atoms with Crippen LogP contribution in [0.4, 0.5) is 0 Å². The third-order valence-corrected chi connectivity index (χ3v) is 7.65. The minimum atomic E-state index is -4.75. The van der Waals surface area contributed by atoms with Crippen molar-refractivity contribution in [3.63, 3.8) is 0 Å². The van der Waals surface area contributed by atoms with E-state index < -0.39 is 20.8 Å². The van der Waals surface area contributed by atoms with Gasteiger partial charge in [0.25, 0.3) is 0 Å². The second-order valence-electron chi connectivity index (χ2n) is 9.69. The maximum absolute atomic E-state index is 11.4. The van der Waals surface area contributed by atoms with E-state index in [1.165, 1.54) is 12.1 Å². The van der Waals surface area contributed by atoms with E-state index in [1.807, 2.05) is 24.3 Å². The summed E-state index contributed by atoms with van der Waals surface area (Å²) in [6, 6.07) is 24.1. The van der Waals surface area contributed by atoms with Crippen LogP contribution in [0, 0.1) is 0 Å². The SMILES string of the molecule is O=S(=O)(O)Oc1cc2ccc(-c3cccc(-c4ccc5cc(OS(=O)(=O)O)c6cccnc6c5n4)c3)nc2c2ncccc12. The predicted octanol–water partition coefficient (Wildman–Crippen LogP) is 5.58. The minimum absolute atomic E-state index is 0.0688. The summed E-state index contributed by atoms with van der Waals surface area (Å²) in [5.41, 5.74) is 4.60. The van der Waals surface area contributed by atoms with Crippen molar-refractivity contribution in [2.45, 2.75) is 0 Å². The highest BCUT2D eigenvalue weighted by atomic mass is 32.3. The number of fused-ring (bicyclic) bond motifs is 6. The lowest BCUT2D eigenvalue weighted by atomic mass is 10.0. The maximum Gasteiger partial charge on any atom is 0.446 e. The minimum Gasteiger partial charge on any atom is -0.361 e. The number of nitrogens with zero attached hydrogens (tertiary/aromatic N) is 4. The van der Waals surface area contributed by atoms with Crippen LogP contribution in [-0.4, -0.2) is 45.9 Å². The van der Waals surface area contributed by atoms with Gasteiger partial charge in [-0.1, -0.05) is 30.3 Å². The van der Waals surface area contributed by atoms with Gasteiger partial charge in [0.15, 0.2) is 11.5 Å². The van der Waals surface area contributed by atoms with Crippen molar-refractivity contribution in [2.75, 3.05) is 0 Å². The molecular weight excluding hydrogens is 608 g/mol. The summed E-state index contributed by atoms with van der Waals surface area (Å²) in [4.78, 5) is 18.4. The van der Waals surface area contributed by atoms with Crippen molar-refractivity contribution in [3.8, 4) is 34.0 Å². The van der Waals surface area contributed by atoms with Crippen LogP contribution >= 0.6 is 0 Å². The van der Waals surface area contributed by atoms with Gasteiger partial charge in [0.1, 0.15) is 11.0 Å². The van der Waals surface area contributed by atoms with Gasteiger partial charge in [-0.25, -0.2) is 9.97 Å². The molecule has 0 bridgehead atoms. The van der Waals surface area contributed by atoms with E-state index in [0.717, 1.165) is 11.1 Å². The molecule has 4 aromatic heterocycles. The molecule has 0 saturated carbocycles. The monoisotopic (exact) mass is 626 g/mol. The van der Waals surface area contributed by atoms with Crippen LogP contribution in [0.2, 0.25) is 0 Å². The number of pyridine rings is 4. The zero-order valence-corrected chi connectivity index (χ0v) is 23.8. The van der Waals surface area contributed by atoms with Gasteiger partial charge >= 0.3 is 20.8 Å². The van der Waals surface area contributed by atoms with Crippen LogP contribution in [0.25, 0.3) is 66.1 Å². The average Bonchev–Trinajstić information content (AvgIpc) is 2.99. The van der Waals surface area contributed by atoms with Crippen molar-refractivity contribution in [1.29, 1.82) is 0 Å². The highest BCUT2D eigenvalue weighted by molar-refractivity contribution is 7.81. The predicted molar refractivity (Wildman–Crippen MR) is 163 cm³/mol. The molecule has 4 heterocycles. The Labute approximate surface area is 249 Å². The van der Waals surface area contributed by atoms with E-state index in [9.17, 15) is 25.9 Å². The Morgan fingerprint density at radius 1 is 0.523 bits per heavy atom. The van der Waals surface area contributed by atoms with Gasteiger partial charge in [0, 0.05) is 45.1 Å². The van der Waals surface area contributed by atoms with E-state index in [-0.39, 0.29) is 11.5 Å². The second kappa shape index (κ2) is 10.2. The molecule has 0 unspecified atom stereocenters. The smallest absolute Gasteiger partial charge is 0.361 e. The van der Waals surface area contributed by atoms with E-state index in [0.29, 0.717) is 55.0 Å². The van der Waals surface area contributed by atoms with Crippen LogP contribution < -0.4 is 8.37 Å². The second-order valence-corrected chi connectivity index (χ2v) is 11.7. The molecule has 12 nitrogen and oxygen atoms in total. The van der Waals surface area contributed by atoms with Crippen LogP contribution in [0.15, 0.2) is 97.3 Å². The van der Waals surface area contributed by atoms with Gasteiger partial charge in [-0.3, -0.25) is 19.1 Å². The van der Waals surface area contributed by atoms with Crippen molar-refractivity contribution >= 4 is 64.4 Å². The number of hydrogen-bond donors (Lipinski definition) is 2. The first-order valence-corrected chi connectivity index (χ1v) is 15.6. The van der Waals surface area contributed by atoms with E-state index in [4.69, 9.17) is 18.3 Å². The summed E-state index contributed by atoms with van der Waals surface area (Å²) in [5.74, 6) is -0.138. The topological polar surface area (TPSA) is 179 Å². The third-order valence-electron chi connectivity index (χ3n) is 6.87. The molecule has 218 valence electrons. The quantitative estimate of drug-likeness (QED) is 0.173. The average molecular weight is 627 g/mol. The lowest BCUT2D eigenvalue weighted by Crippen LogP contribution is -2.07. The lowest BCUT2D eigenvalue weighted by Gasteiger charge is -2.11. The highest BCUT2D eigenvalue weighted by Crippen LogP contribution is 2.36. The first-order chi connectivity index (χ1) is 21.0. The van der Waals surface area contributed by atoms with Crippen LogP contribution in [0.1, 0.15) is 0 Å². The summed E-state index contributed by atoms with van der Waals surface area (Å²) in [6.07, 6.45) is 3.10. The fourth-order valence-corrected chi connectivity index (χ4v) is 5.83. The van der Waals surface area contributed by atoms with Crippen LogP contribution in [0.3, 0.4) is 0 Å².